The fourth-order valence-corrected chi connectivity index (χ4v) is 1.55. The molecule has 0 amide bonds. The Balaban J connectivity index is 2.54. The maximum atomic E-state index is 5.32. The Morgan fingerprint density at radius 1 is 1.43 bits per heavy atom. The highest BCUT2D eigenvalue weighted by Gasteiger charge is 2.06. The van der Waals surface area contributed by atoms with Crippen LogP contribution in [0.1, 0.15) is 5.56 Å². The van der Waals surface area contributed by atoms with Gasteiger partial charge in [-0.05, 0) is 25.2 Å². The summed E-state index contributed by atoms with van der Waals surface area (Å²) in [6.07, 6.45) is 1.69. The van der Waals surface area contributed by atoms with Crippen molar-refractivity contribution in [2.75, 3.05) is 14.2 Å². The average molecular weight is 191 g/mol. The second-order valence-electron chi connectivity index (χ2n) is 3.15. The molecule has 0 aliphatic carbocycles. The number of hydrogen-bond acceptors (Lipinski definition) is 3. The second-order valence-corrected chi connectivity index (χ2v) is 3.15. The van der Waals surface area contributed by atoms with Crippen LogP contribution in [0.25, 0.3) is 11.0 Å². The lowest BCUT2D eigenvalue weighted by molar-refractivity contribution is 0.409. The number of furan rings is 1. The molecular formula is C11H13NO2. The van der Waals surface area contributed by atoms with E-state index in [1.54, 1.807) is 13.4 Å². The van der Waals surface area contributed by atoms with Gasteiger partial charge in [-0.15, -0.1) is 0 Å². The Bertz CT molecular complexity index is 434. The van der Waals surface area contributed by atoms with Gasteiger partial charge in [0.25, 0.3) is 0 Å². The molecule has 3 nitrogen and oxygen atoms in total. The van der Waals surface area contributed by atoms with Crippen molar-refractivity contribution in [1.82, 2.24) is 5.32 Å². The molecule has 0 atom stereocenters. The minimum Gasteiger partial charge on any atom is -0.496 e. The minimum atomic E-state index is 0.778. The minimum absolute atomic E-state index is 0.778. The molecular weight excluding hydrogens is 178 g/mol. The highest BCUT2D eigenvalue weighted by Crippen LogP contribution is 2.26. The smallest absolute Gasteiger partial charge is 0.134 e. The molecule has 2 rings (SSSR count). The quantitative estimate of drug-likeness (QED) is 0.807. The zero-order chi connectivity index (χ0) is 9.97. The predicted molar refractivity (Wildman–Crippen MR) is 55.5 cm³/mol. The maximum Gasteiger partial charge on any atom is 0.134 e. The van der Waals surface area contributed by atoms with Crippen molar-refractivity contribution in [1.29, 1.82) is 0 Å². The van der Waals surface area contributed by atoms with E-state index in [1.807, 2.05) is 25.2 Å². The Morgan fingerprint density at radius 3 is 3.00 bits per heavy atom. The zero-order valence-corrected chi connectivity index (χ0v) is 8.33. The molecule has 1 aromatic heterocycles. The van der Waals surface area contributed by atoms with Gasteiger partial charge in [0.15, 0.2) is 0 Å². The highest BCUT2D eigenvalue weighted by atomic mass is 16.5. The van der Waals surface area contributed by atoms with Crippen LogP contribution in [0.5, 0.6) is 5.75 Å². The topological polar surface area (TPSA) is 34.4 Å². The standard InChI is InChI=1S/C11H13NO2/c1-12-7-9-6-11-8(3-4-14-11)5-10(9)13-2/h3-6,12H,7H2,1-2H3. The zero-order valence-electron chi connectivity index (χ0n) is 8.33. The Hall–Kier alpha value is -1.48. The monoisotopic (exact) mass is 191 g/mol. The summed E-state index contributed by atoms with van der Waals surface area (Å²) in [4.78, 5) is 0. The normalized spacial score (nSPS) is 10.7. The third-order valence-corrected chi connectivity index (χ3v) is 2.22. The molecule has 74 valence electrons. The fourth-order valence-electron chi connectivity index (χ4n) is 1.55. The van der Waals surface area contributed by atoms with Crippen LogP contribution in [0, 0.1) is 0 Å². The van der Waals surface area contributed by atoms with Crippen molar-refractivity contribution >= 4 is 11.0 Å². The van der Waals surface area contributed by atoms with Crippen LogP contribution >= 0.6 is 0 Å². The van der Waals surface area contributed by atoms with Gasteiger partial charge in [-0.2, -0.15) is 0 Å². The Morgan fingerprint density at radius 2 is 2.29 bits per heavy atom. The van der Waals surface area contributed by atoms with Crippen LogP contribution in [-0.4, -0.2) is 14.2 Å². The summed E-state index contributed by atoms with van der Waals surface area (Å²) >= 11 is 0. The van der Waals surface area contributed by atoms with Crippen LogP contribution in [-0.2, 0) is 6.54 Å². The van der Waals surface area contributed by atoms with E-state index in [2.05, 4.69) is 5.32 Å². The van der Waals surface area contributed by atoms with E-state index in [0.717, 1.165) is 28.8 Å². The fraction of sp³-hybridized carbons (Fsp3) is 0.273. The number of nitrogens with one attached hydrogen (secondary N) is 1. The molecule has 0 radical (unpaired) electrons. The van der Waals surface area contributed by atoms with Gasteiger partial charge < -0.3 is 14.5 Å². The van der Waals surface area contributed by atoms with Gasteiger partial charge >= 0.3 is 0 Å². The van der Waals surface area contributed by atoms with Gasteiger partial charge in [0, 0.05) is 17.5 Å². The number of rotatable bonds is 3. The lowest BCUT2D eigenvalue weighted by atomic mass is 10.1. The molecule has 0 bridgehead atoms. The first kappa shape index (κ1) is 9.09. The van der Waals surface area contributed by atoms with E-state index in [1.165, 1.54) is 0 Å². The SMILES string of the molecule is CNCc1cc2occc2cc1OC. The molecule has 0 spiro atoms. The van der Waals surface area contributed by atoms with Gasteiger partial charge in [-0.25, -0.2) is 0 Å². The van der Waals surface area contributed by atoms with E-state index in [-0.39, 0.29) is 0 Å². The van der Waals surface area contributed by atoms with Crippen LogP contribution in [0.4, 0.5) is 0 Å². The van der Waals surface area contributed by atoms with E-state index in [9.17, 15) is 0 Å². The van der Waals surface area contributed by atoms with E-state index in [0.29, 0.717) is 0 Å². The molecule has 14 heavy (non-hydrogen) atoms. The molecule has 0 saturated carbocycles. The predicted octanol–water partition coefficient (Wildman–Crippen LogP) is 2.16. The van der Waals surface area contributed by atoms with Crippen LogP contribution in [0.3, 0.4) is 0 Å². The summed E-state index contributed by atoms with van der Waals surface area (Å²) < 4.78 is 10.6. The average Bonchev–Trinajstić information content (AvgIpc) is 2.64. The largest absolute Gasteiger partial charge is 0.496 e. The van der Waals surface area contributed by atoms with Crippen LogP contribution in [0.2, 0.25) is 0 Å². The molecule has 1 N–H and O–H groups in total. The molecule has 0 unspecified atom stereocenters. The van der Waals surface area contributed by atoms with E-state index >= 15 is 0 Å². The van der Waals surface area contributed by atoms with Gasteiger partial charge in [0.2, 0.25) is 0 Å². The number of hydrogen-bond donors (Lipinski definition) is 1. The molecule has 0 saturated heterocycles. The highest BCUT2D eigenvalue weighted by molar-refractivity contribution is 5.80. The third-order valence-electron chi connectivity index (χ3n) is 2.22. The lowest BCUT2D eigenvalue weighted by Gasteiger charge is -2.07. The van der Waals surface area contributed by atoms with Gasteiger partial charge in [0.05, 0.1) is 13.4 Å². The lowest BCUT2D eigenvalue weighted by Crippen LogP contribution is -2.06. The molecule has 1 aromatic carbocycles. The van der Waals surface area contributed by atoms with Crippen molar-refractivity contribution < 1.29 is 9.15 Å². The summed E-state index contributed by atoms with van der Waals surface area (Å²) in [5.41, 5.74) is 2.01. The van der Waals surface area contributed by atoms with Crippen molar-refractivity contribution in [3.05, 3.63) is 30.0 Å². The van der Waals surface area contributed by atoms with E-state index in [4.69, 9.17) is 9.15 Å². The Kier molecular flexibility index (Phi) is 2.41. The summed E-state index contributed by atoms with van der Waals surface area (Å²) in [5.74, 6) is 0.897. The number of fused-ring (bicyclic) bond motifs is 1. The first-order chi connectivity index (χ1) is 6.85. The van der Waals surface area contributed by atoms with Crippen molar-refractivity contribution in [3.63, 3.8) is 0 Å². The first-order valence-corrected chi connectivity index (χ1v) is 4.54. The summed E-state index contributed by atoms with van der Waals surface area (Å²) in [5, 5.41) is 4.16. The maximum absolute atomic E-state index is 5.32. The second kappa shape index (κ2) is 3.72. The third kappa shape index (κ3) is 1.46. The summed E-state index contributed by atoms with van der Waals surface area (Å²) in [6.45, 7) is 0.778. The van der Waals surface area contributed by atoms with Gasteiger partial charge in [-0.3, -0.25) is 0 Å². The number of benzene rings is 1. The molecule has 0 fully saturated rings. The Labute approximate surface area is 82.7 Å². The summed E-state index contributed by atoms with van der Waals surface area (Å²) in [7, 11) is 3.59. The number of methoxy groups -OCH3 is 1. The van der Waals surface area contributed by atoms with Crippen molar-refractivity contribution in [3.8, 4) is 5.75 Å². The molecule has 0 aliphatic rings. The van der Waals surface area contributed by atoms with Gasteiger partial charge in [0.1, 0.15) is 11.3 Å². The van der Waals surface area contributed by atoms with Crippen LogP contribution in [0.15, 0.2) is 28.9 Å². The molecule has 0 aliphatic heterocycles. The van der Waals surface area contributed by atoms with Crippen molar-refractivity contribution in [2.24, 2.45) is 0 Å². The van der Waals surface area contributed by atoms with E-state index < -0.39 is 0 Å². The van der Waals surface area contributed by atoms with Gasteiger partial charge in [-0.1, -0.05) is 0 Å². The molecule has 1 heterocycles. The van der Waals surface area contributed by atoms with Crippen LogP contribution < -0.4 is 10.1 Å². The summed E-state index contributed by atoms with van der Waals surface area (Å²) in [6, 6.07) is 5.93. The molecule has 3 heteroatoms. The van der Waals surface area contributed by atoms with Crippen molar-refractivity contribution in [2.45, 2.75) is 6.54 Å². The first-order valence-electron chi connectivity index (χ1n) is 4.54. The number of ether oxygens (including phenoxy) is 1. The molecule has 2 aromatic rings.